The van der Waals surface area contributed by atoms with Gasteiger partial charge in [-0.05, 0) is 58.3 Å². The lowest BCUT2D eigenvalue weighted by Gasteiger charge is -2.35. The Morgan fingerprint density at radius 2 is 1.06 bits per heavy atom. The molecule has 4 saturated carbocycles. The number of fused-ring (bicyclic) bond motifs is 1. The number of aliphatic hydroxyl groups excluding tert-OH is 2. The van der Waals surface area contributed by atoms with Crippen LogP contribution in [0.15, 0.2) is 12.2 Å². The maximum Gasteiger partial charge on any atom is 0.184 e. The third-order valence-corrected chi connectivity index (χ3v) is 12.6. The monoisotopic (exact) mass is 692 g/mol. The van der Waals surface area contributed by atoms with Gasteiger partial charge in [-0.15, -0.1) is 0 Å². The van der Waals surface area contributed by atoms with Gasteiger partial charge in [0.2, 0.25) is 0 Å². The predicted octanol–water partition coefficient (Wildman–Crippen LogP) is 5.67. The van der Waals surface area contributed by atoms with Crippen molar-refractivity contribution in [3.05, 3.63) is 12.2 Å². The molecule has 5 heterocycles. The lowest BCUT2D eigenvalue weighted by atomic mass is 9.94. The Bertz CT molecular complexity index is 1120. The van der Waals surface area contributed by atoms with Crippen LogP contribution in [-0.4, -0.2) is 102 Å². The van der Waals surface area contributed by atoms with Crippen molar-refractivity contribution < 1.29 is 52.8 Å². The number of ether oxygens (including phenoxy) is 9. The Morgan fingerprint density at radius 1 is 0.551 bits per heavy atom. The highest BCUT2D eigenvalue weighted by Gasteiger charge is 2.62. The van der Waals surface area contributed by atoms with Crippen molar-refractivity contribution >= 4 is 0 Å². The summed E-state index contributed by atoms with van der Waals surface area (Å²) in [4.78, 5) is 0. The molecule has 0 amide bonds. The van der Waals surface area contributed by atoms with Crippen molar-refractivity contribution in [1.82, 2.24) is 0 Å². The normalized spacial score (nSPS) is 42.6. The van der Waals surface area contributed by atoms with Crippen molar-refractivity contribution in [3.8, 4) is 0 Å². The number of hydrogen-bond acceptors (Lipinski definition) is 11. The molecule has 0 radical (unpaired) electrons. The molecule has 0 bridgehead atoms. The summed E-state index contributed by atoms with van der Waals surface area (Å²) < 4.78 is 55.5. The molecule has 0 aromatic carbocycles. The van der Waals surface area contributed by atoms with Crippen LogP contribution in [0.4, 0.5) is 0 Å². The first-order chi connectivity index (χ1) is 23.8. The second kappa shape index (κ2) is 14.6. The third-order valence-electron chi connectivity index (χ3n) is 12.6. The van der Waals surface area contributed by atoms with Gasteiger partial charge in [0.05, 0.1) is 13.2 Å². The smallest absolute Gasteiger partial charge is 0.184 e. The molecule has 4 spiro atoms. The fourth-order valence-corrected chi connectivity index (χ4v) is 10.1. The Balaban J connectivity index is 0.000000142. The van der Waals surface area contributed by atoms with Gasteiger partial charge in [-0.2, -0.15) is 0 Å². The van der Waals surface area contributed by atoms with Crippen LogP contribution in [-0.2, 0) is 42.6 Å². The molecule has 0 aromatic rings. The largest absolute Gasteiger partial charge is 0.387 e. The molecule has 49 heavy (non-hydrogen) atoms. The van der Waals surface area contributed by atoms with Crippen molar-refractivity contribution in [2.75, 3.05) is 13.2 Å². The number of rotatable bonds is 4. The van der Waals surface area contributed by atoms with Gasteiger partial charge >= 0.3 is 0 Å². The standard InChI is InChI=1S/C20H32O5.C18H28O6/c1-2-9-15-18(25-20(23-15)12-7-4-8-13-20)17(21)16-14-22-19(24-16)10-5-3-6-11-19;19-16-15-14(23-18(24-15)9-5-2-6-10-18)13(21-16)12-11-20-17(22-12)7-3-1-4-8-17/h2,9,15-18,21H,3-8,10-14H2,1H3;12-16,19H,1-11H2/t15-,16?,17-,18?;12-,13+,14?,15-,16?/m01/s1. The van der Waals surface area contributed by atoms with Crippen LogP contribution in [0.25, 0.3) is 0 Å². The summed E-state index contributed by atoms with van der Waals surface area (Å²) in [7, 11) is 0. The van der Waals surface area contributed by atoms with E-state index in [9.17, 15) is 10.2 Å². The molecule has 4 aliphatic carbocycles. The van der Waals surface area contributed by atoms with Crippen molar-refractivity contribution in [2.24, 2.45) is 0 Å². The third kappa shape index (κ3) is 7.18. The number of allylic oxidation sites excluding steroid dienone is 1. The molecule has 11 heteroatoms. The maximum absolute atomic E-state index is 11.0. The quantitative estimate of drug-likeness (QED) is 0.355. The van der Waals surface area contributed by atoms with E-state index in [1.54, 1.807) is 0 Å². The molecule has 5 aliphatic heterocycles. The van der Waals surface area contributed by atoms with E-state index in [-0.39, 0.29) is 36.6 Å². The van der Waals surface area contributed by atoms with Crippen LogP contribution in [0.3, 0.4) is 0 Å². The van der Waals surface area contributed by atoms with Gasteiger partial charge in [-0.1, -0.05) is 37.8 Å². The second-order valence-electron chi connectivity index (χ2n) is 16.2. The zero-order valence-corrected chi connectivity index (χ0v) is 29.5. The fraction of sp³-hybridized carbons (Fsp3) is 0.947. The molecular formula is C38H60O11. The summed E-state index contributed by atoms with van der Waals surface area (Å²) in [5.41, 5.74) is 0. The zero-order valence-electron chi connectivity index (χ0n) is 29.5. The van der Waals surface area contributed by atoms with E-state index >= 15 is 0 Å². The van der Waals surface area contributed by atoms with Gasteiger partial charge in [-0.25, -0.2) is 0 Å². The SMILES string of the molecule is CC=C[C@@H]1OC2(CCCCC2)OC1[C@@H](O)C1COC2(CCCCC2)O1.OC1O[C@@H]([C@H]2COC3(CCCCC3)O2)C2OC3(CCCCC3)O[C@@H]12. The van der Waals surface area contributed by atoms with Crippen LogP contribution in [0.5, 0.6) is 0 Å². The molecule has 5 saturated heterocycles. The first kappa shape index (κ1) is 35.3. The first-order valence-corrected chi connectivity index (χ1v) is 19.8. The van der Waals surface area contributed by atoms with Gasteiger partial charge < -0.3 is 52.8 Å². The van der Waals surface area contributed by atoms with Crippen LogP contribution >= 0.6 is 0 Å². The highest BCUT2D eigenvalue weighted by molar-refractivity contribution is 5.04. The fourth-order valence-electron chi connectivity index (χ4n) is 10.1. The molecule has 9 atom stereocenters. The minimum absolute atomic E-state index is 0.185. The predicted molar refractivity (Wildman–Crippen MR) is 176 cm³/mol. The van der Waals surface area contributed by atoms with Gasteiger partial charge in [0.1, 0.15) is 48.8 Å². The van der Waals surface area contributed by atoms with Gasteiger partial charge in [0, 0.05) is 51.4 Å². The average molecular weight is 693 g/mol. The van der Waals surface area contributed by atoms with E-state index in [1.165, 1.54) is 25.7 Å². The summed E-state index contributed by atoms with van der Waals surface area (Å²) in [6.45, 7) is 2.93. The van der Waals surface area contributed by atoms with Crippen molar-refractivity contribution in [1.29, 1.82) is 0 Å². The molecule has 9 rings (SSSR count). The van der Waals surface area contributed by atoms with Crippen LogP contribution < -0.4 is 0 Å². The summed E-state index contributed by atoms with van der Waals surface area (Å²) in [5, 5.41) is 21.4. The summed E-state index contributed by atoms with van der Waals surface area (Å²) in [6.07, 6.45) is 21.6. The molecule has 4 unspecified atom stereocenters. The molecule has 9 aliphatic rings. The van der Waals surface area contributed by atoms with Gasteiger partial charge in [0.15, 0.2) is 29.4 Å². The Hall–Kier alpha value is -0.700. The van der Waals surface area contributed by atoms with E-state index in [4.69, 9.17) is 42.6 Å². The van der Waals surface area contributed by atoms with Crippen molar-refractivity contribution in [2.45, 2.75) is 214 Å². The molecule has 11 nitrogen and oxygen atoms in total. The van der Waals surface area contributed by atoms with Crippen LogP contribution in [0.1, 0.15) is 135 Å². The highest BCUT2D eigenvalue weighted by atomic mass is 16.8. The molecule has 9 fully saturated rings. The van der Waals surface area contributed by atoms with E-state index in [2.05, 4.69) is 0 Å². The first-order valence-electron chi connectivity index (χ1n) is 19.8. The van der Waals surface area contributed by atoms with E-state index in [0.717, 1.165) is 103 Å². The minimum atomic E-state index is -0.937. The Kier molecular flexibility index (Phi) is 10.5. The van der Waals surface area contributed by atoms with Gasteiger partial charge in [-0.3, -0.25) is 0 Å². The number of aliphatic hydroxyl groups is 2. The molecule has 2 N–H and O–H groups in total. The summed E-state index contributed by atoms with van der Waals surface area (Å²) >= 11 is 0. The zero-order chi connectivity index (χ0) is 33.5. The van der Waals surface area contributed by atoms with Crippen molar-refractivity contribution in [3.63, 3.8) is 0 Å². The number of hydrogen-bond donors (Lipinski definition) is 2. The molecule has 278 valence electrons. The second-order valence-corrected chi connectivity index (χ2v) is 16.2. The lowest BCUT2D eigenvalue weighted by Crippen LogP contribution is -2.45. The van der Waals surface area contributed by atoms with Gasteiger partial charge in [0.25, 0.3) is 0 Å². The van der Waals surface area contributed by atoms with Crippen LogP contribution in [0.2, 0.25) is 0 Å². The highest BCUT2D eigenvalue weighted by Crippen LogP contribution is 2.49. The Labute approximate surface area is 291 Å². The van der Waals surface area contributed by atoms with E-state index in [0.29, 0.717) is 13.2 Å². The minimum Gasteiger partial charge on any atom is -0.387 e. The molecule has 0 aromatic heterocycles. The summed E-state index contributed by atoms with van der Waals surface area (Å²) in [5.74, 6) is -1.94. The van der Waals surface area contributed by atoms with E-state index in [1.807, 2.05) is 19.1 Å². The Morgan fingerprint density at radius 3 is 1.65 bits per heavy atom. The molecular weight excluding hydrogens is 632 g/mol. The van der Waals surface area contributed by atoms with Crippen LogP contribution in [0, 0.1) is 0 Å². The summed E-state index contributed by atoms with van der Waals surface area (Å²) in [6, 6.07) is 0. The average Bonchev–Trinajstić information content (AvgIpc) is 3.94. The maximum atomic E-state index is 11.0. The topological polar surface area (TPSA) is 124 Å². The van der Waals surface area contributed by atoms with E-state index < -0.39 is 41.6 Å². The lowest BCUT2D eigenvalue weighted by molar-refractivity contribution is -0.260.